The van der Waals surface area contributed by atoms with E-state index >= 15 is 0 Å². The topological polar surface area (TPSA) is 12.0 Å². The smallest absolute Gasteiger partial charge is 0.0126 e. The first kappa shape index (κ1) is 13.4. The minimum atomic E-state index is 0.646. The van der Waals surface area contributed by atoms with E-state index in [-0.39, 0.29) is 0 Å². The summed E-state index contributed by atoms with van der Waals surface area (Å²) in [5.41, 5.74) is 0.646. The van der Waals surface area contributed by atoms with E-state index < -0.39 is 0 Å². The number of rotatable bonds is 7. The van der Waals surface area contributed by atoms with Gasteiger partial charge in [0.25, 0.3) is 0 Å². The third-order valence-corrected chi connectivity index (χ3v) is 4.87. The Bertz CT molecular complexity index is 224. The molecule has 0 aromatic carbocycles. The molecule has 1 unspecified atom stereocenters. The molecular weight excluding hydrogens is 206 g/mol. The summed E-state index contributed by atoms with van der Waals surface area (Å²) in [6.07, 6.45) is 11.8. The van der Waals surface area contributed by atoms with Crippen LogP contribution in [0.25, 0.3) is 0 Å². The number of hydrogen-bond acceptors (Lipinski definition) is 1. The van der Waals surface area contributed by atoms with Crippen LogP contribution in [0.2, 0.25) is 0 Å². The van der Waals surface area contributed by atoms with Crippen molar-refractivity contribution in [2.75, 3.05) is 6.54 Å². The molecule has 2 aliphatic rings. The first-order valence-electron chi connectivity index (χ1n) is 7.89. The molecule has 17 heavy (non-hydrogen) atoms. The molecule has 0 heterocycles. The number of hydrogen-bond donors (Lipinski definition) is 1. The van der Waals surface area contributed by atoms with Crippen LogP contribution in [0, 0.1) is 17.3 Å². The quantitative estimate of drug-likeness (QED) is 0.693. The summed E-state index contributed by atoms with van der Waals surface area (Å²) in [4.78, 5) is 0. The molecule has 2 fully saturated rings. The van der Waals surface area contributed by atoms with E-state index in [0.717, 1.165) is 24.4 Å². The lowest BCUT2D eigenvalue weighted by Crippen LogP contribution is -2.45. The first-order chi connectivity index (χ1) is 8.16. The van der Waals surface area contributed by atoms with Crippen molar-refractivity contribution in [2.45, 2.75) is 78.2 Å². The minimum absolute atomic E-state index is 0.646. The van der Waals surface area contributed by atoms with Crippen molar-refractivity contribution < 1.29 is 0 Å². The van der Waals surface area contributed by atoms with Crippen molar-refractivity contribution in [1.82, 2.24) is 5.32 Å². The summed E-state index contributed by atoms with van der Waals surface area (Å²) in [6.45, 7) is 8.23. The van der Waals surface area contributed by atoms with Crippen LogP contribution in [0.5, 0.6) is 0 Å². The van der Waals surface area contributed by atoms with Gasteiger partial charge in [-0.1, -0.05) is 46.5 Å². The highest BCUT2D eigenvalue weighted by atomic mass is 14.9. The predicted molar refractivity (Wildman–Crippen MR) is 75.2 cm³/mol. The van der Waals surface area contributed by atoms with Gasteiger partial charge >= 0.3 is 0 Å². The molecule has 2 rings (SSSR count). The Morgan fingerprint density at radius 2 is 1.82 bits per heavy atom. The molecule has 1 nitrogen and oxygen atoms in total. The van der Waals surface area contributed by atoms with Crippen molar-refractivity contribution in [2.24, 2.45) is 17.3 Å². The van der Waals surface area contributed by atoms with Crippen LogP contribution < -0.4 is 5.32 Å². The van der Waals surface area contributed by atoms with E-state index in [0.29, 0.717) is 5.41 Å². The van der Waals surface area contributed by atoms with E-state index in [1.54, 1.807) is 0 Å². The van der Waals surface area contributed by atoms with Crippen LogP contribution in [0.4, 0.5) is 0 Å². The molecule has 0 bridgehead atoms. The van der Waals surface area contributed by atoms with E-state index in [4.69, 9.17) is 0 Å². The van der Waals surface area contributed by atoms with Crippen LogP contribution in [0.1, 0.15) is 72.1 Å². The lowest BCUT2D eigenvalue weighted by molar-refractivity contribution is 0.144. The van der Waals surface area contributed by atoms with Crippen LogP contribution in [0.3, 0.4) is 0 Å². The Morgan fingerprint density at radius 1 is 1.18 bits per heavy atom. The molecule has 0 aliphatic heterocycles. The average molecular weight is 237 g/mol. The van der Waals surface area contributed by atoms with E-state index in [1.165, 1.54) is 51.4 Å². The van der Waals surface area contributed by atoms with Gasteiger partial charge in [0.1, 0.15) is 0 Å². The van der Waals surface area contributed by atoms with Gasteiger partial charge in [-0.2, -0.15) is 0 Å². The van der Waals surface area contributed by atoms with Crippen LogP contribution in [-0.2, 0) is 0 Å². The van der Waals surface area contributed by atoms with Gasteiger partial charge in [-0.25, -0.2) is 0 Å². The van der Waals surface area contributed by atoms with Gasteiger partial charge in [0, 0.05) is 6.04 Å². The fourth-order valence-corrected chi connectivity index (χ4v) is 4.07. The highest BCUT2D eigenvalue weighted by Crippen LogP contribution is 2.49. The van der Waals surface area contributed by atoms with E-state index in [2.05, 4.69) is 26.1 Å². The summed E-state index contributed by atoms with van der Waals surface area (Å²) in [5, 5.41) is 3.84. The molecule has 0 spiro atoms. The van der Waals surface area contributed by atoms with Crippen molar-refractivity contribution >= 4 is 0 Å². The van der Waals surface area contributed by atoms with Gasteiger partial charge in [0.2, 0.25) is 0 Å². The third kappa shape index (κ3) is 3.47. The van der Waals surface area contributed by atoms with Gasteiger partial charge in [0.05, 0.1) is 0 Å². The monoisotopic (exact) mass is 237 g/mol. The van der Waals surface area contributed by atoms with Crippen LogP contribution in [0.15, 0.2) is 0 Å². The third-order valence-electron chi connectivity index (χ3n) is 4.87. The summed E-state index contributed by atoms with van der Waals surface area (Å²) >= 11 is 0. The van der Waals surface area contributed by atoms with Gasteiger partial charge in [-0.05, 0) is 49.5 Å². The zero-order chi connectivity index (χ0) is 12.3. The summed E-state index contributed by atoms with van der Waals surface area (Å²) < 4.78 is 0. The lowest BCUT2D eigenvalue weighted by Gasteiger charge is -2.40. The average Bonchev–Trinajstić information content (AvgIpc) is 2.96. The highest BCUT2D eigenvalue weighted by Gasteiger charge is 2.43. The molecular formula is C16H31N. The minimum Gasteiger partial charge on any atom is -0.314 e. The zero-order valence-corrected chi connectivity index (χ0v) is 12.1. The molecule has 100 valence electrons. The van der Waals surface area contributed by atoms with Gasteiger partial charge in [-0.15, -0.1) is 0 Å². The molecule has 1 atom stereocenters. The molecule has 2 saturated carbocycles. The maximum absolute atomic E-state index is 3.84. The molecule has 1 heteroatoms. The van der Waals surface area contributed by atoms with Crippen molar-refractivity contribution in [1.29, 1.82) is 0 Å². The number of nitrogens with one attached hydrogen (secondary N) is 1. The Hall–Kier alpha value is -0.0400. The maximum atomic E-state index is 3.84. The van der Waals surface area contributed by atoms with Crippen LogP contribution in [-0.4, -0.2) is 12.6 Å². The van der Waals surface area contributed by atoms with Crippen molar-refractivity contribution in [3.05, 3.63) is 0 Å². The molecule has 0 aromatic rings. The van der Waals surface area contributed by atoms with Gasteiger partial charge in [0.15, 0.2) is 0 Å². The van der Waals surface area contributed by atoms with Gasteiger partial charge in [-0.3, -0.25) is 0 Å². The second-order valence-corrected chi connectivity index (χ2v) is 6.96. The Kier molecular flexibility index (Phi) is 4.52. The molecule has 1 N–H and O–H groups in total. The predicted octanol–water partition coefficient (Wildman–Crippen LogP) is 4.37. The molecule has 0 aromatic heterocycles. The normalized spacial score (nSPS) is 25.4. The fourth-order valence-electron chi connectivity index (χ4n) is 4.07. The fraction of sp³-hybridized carbons (Fsp3) is 1.00. The zero-order valence-electron chi connectivity index (χ0n) is 12.1. The Labute approximate surface area is 108 Å². The molecule has 2 aliphatic carbocycles. The molecule has 0 amide bonds. The van der Waals surface area contributed by atoms with Crippen molar-refractivity contribution in [3.63, 3.8) is 0 Å². The molecule has 0 radical (unpaired) electrons. The maximum Gasteiger partial charge on any atom is 0.0126 e. The first-order valence-corrected chi connectivity index (χ1v) is 7.89. The lowest BCUT2D eigenvalue weighted by atomic mass is 9.71. The van der Waals surface area contributed by atoms with E-state index in [1.807, 2.05) is 0 Å². The second-order valence-electron chi connectivity index (χ2n) is 6.96. The Morgan fingerprint density at radius 3 is 2.29 bits per heavy atom. The molecule has 0 saturated heterocycles. The van der Waals surface area contributed by atoms with Gasteiger partial charge < -0.3 is 5.32 Å². The van der Waals surface area contributed by atoms with Crippen LogP contribution >= 0.6 is 0 Å². The highest BCUT2D eigenvalue weighted by molar-refractivity contribution is 4.97. The largest absolute Gasteiger partial charge is 0.314 e. The van der Waals surface area contributed by atoms with E-state index in [9.17, 15) is 0 Å². The SMILES string of the molecule is CCNC(CC1CC1)C1(CC(C)C)CCCC1. The standard InChI is InChI=1S/C16H31N/c1-4-17-15(11-14-7-8-14)16(12-13(2)3)9-5-6-10-16/h13-15,17H,4-12H2,1-3H3. The second kappa shape index (κ2) is 5.73. The summed E-state index contributed by atoms with van der Waals surface area (Å²) in [5.74, 6) is 1.91. The Balaban J connectivity index is 2.03. The summed E-state index contributed by atoms with van der Waals surface area (Å²) in [7, 11) is 0. The van der Waals surface area contributed by atoms with Crippen molar-refractivity contribution in [3.8, 4) is 0 Å². The summed E-state index contributed by atoms with van der Waals surface area (Å²) in [6, 6.07) is 0.810.